The number of hydrogen-bond donors (Lipinski definition) is 0. The molecule has 1 atom stereocenters. The molecule has 2 aliphatic heterocycles. The predicted octanol–water partition coefficient (Wildman–Crippen LogP) is 3.66. The fraction of sp³-hybridized carbons (Fsp3) is 0.389. The molecule has 1 aromatic carbocycles. The highest BCUT2D eigenvalue weighted by atomic mass is 16.5. The van der Waals surface area contributed by atoms with Crippen molar-refractivity contribution in [1.82, 2.24) is 9.88 Å². The lowest BCUT2D eigenvalue weighted by atomic mass is 9.75. The maximum absolute atomic E-state index is 6.00. The number of pyridine rings is 1. The summed E-state index contributed by atoms with van der Waals surface area (Å²) in [5.74, 6) is 2.87. The first-order valence-electron chi connectivity index (χ1n) is 7.73. The Labute approximate surface area is 125 Å². The summed E-state index contributed by atoms with van der Waals surface area (Å²) in [5, 5.41) is 0. The third-order valence-corrected chi connectivity index (χ3v) is 4.83. The van der Waals surface area contributed by atoms with Gasteiger partial charge in [-0.1, -0.05) is 24.3 Å². The minimum absolute atomic E-state index is 0.423. The monoisotopic (exact) mass is 280 g/mol. The van der Waals surface area contributed by atoms with E-state index < -0.39 is 0 Å². The molecule has 1 fully saturated rings. The molecule has 1 saturated heterocycles. The molecule has 0 unspecified atom stereocenters. The maximum Gasteiger partial charge on any atom is 0.223 e. The van der Waals surface area contributed by atoms with Crippen LogP contribution in [0.5, 0.6) is 11.6 Å². The molecule has 3 heterocycles. The minimum atomic E-state index is 0.423. The van der Waals surface area contributed by atoms with E-state index in [4.69, 9.17) is 4.74 Å². The molecule has 3 nitrogen and oxygen atoms in total. The smallest absolute Gasteiger partial charge is 0.223 e. The van der Waals surface area contributed by atoms with E-state index in [1.807, 2.05) is 18.3 Å². The number of likely N-dealkylation sites (tertiary alicyclic amines) is 1. The van der Waals surface area contributed by atoms with Gasteiger partial charge in [-0.3, -0.25) is 0 Å². The fourth-order valence-corrected chi connectivity index (χ4v) is 3.70. The second kappa shape index (κ2) is 5.15. The first-order valence-corrected chi connectivity index (χ1v) is 7.73. The van der Waals surface area contributed by atoms with Gasteiger partial charge in [0, 0.05) is 23.2 Å². The van der Waals surface area contributed by atoms with Crippen LogP contribution in [0.15, 0.2) is 42.6 Å². The molecule has 2 aliphatic rings. The van der Waals surface area contributed by atoms with Crippen molar-refractivity contribution in [3.8, 4) is 11.6 Å². The summed E-state index contributed by atoms with van der Waals surface area (Å²) in [4.78, 5) is 6.87. The maximum atomic E-state index is 6.00. The van der Waals surface area contributed by atoms with Crippen molar-refractivity contribution >= 4 is 0 Å². The van der Waals surface area contributed by atoms with Crippen LogP contribution in [-0.2, 0) is 0 Å². The zero-order chi connectivity index (χ0) is 14.2. The largest absolute Gasteiger partial charge is 0.438 e. The van der Waals surface area contributed by atoms with Gasteiger partial charge in [-0.05, 0) is 51.0 Å². The van der Waals surface area contributed by atoms with Gasteiger partial charge in [0.05, 0.1) is 0 Å². The molecule has 0 saturated carbocycles. The van der Waals surface area contributed by atoms with Gasteiger partial charge in [-0.25, -0.2) is 4.98 Å². The molecular formula is C18H20N2O. The van der Waals surface area contributed by atoms with Gasteiger partial charge >= 0.3 is 0 Å². The van der Waals surface area contributed by atoms with E-state index in [-0.39, 0.29) is 0 Å². The molecule has 2 aromatic rings. The Balaban J connectivity index is 1.78. The van der Waals surface area contributed by atoms with Crippen LogP contribution < -0.4 is 4.74 Å². The quantitative estimate of drug-likeness (QED) is 0.797. The van der Waals surface area contributed by atoms with Gasteiger partial charge in [0.25, 0.3) is 0 Å². The summed E-state index contributed by atoms with van der Waals surface area (Å²) in [6.07, 6.45) is 4.30. The third kappa shape index (κ3) is 2.22. The Morgan fingerprint density at radius 1 is 1.05 bits per heavy atom. The molecule has 0 radical (unpaired) electrons. The molecular weight excluding hydrogens is 260 g/mol. The molecule has 0 spiro atoms. The average Bonchev–Trinajstić information content (AvgIpc) is 2.53. The second-order valence-corrected chi connectivity index (χ2v) is 6.16. The topological polar surface area (TPSA) is 25.4 Å². The highest BCUT2D eigenvalue weighted by Gasteiger charge is 2.35. The molecule has 0 N–H and O–H groups in total. The highest BCUT2D eigenvalue weighted by Crippen LogP contribution is 2.48. The van der Waals surface area contributed by atoms with E-state index in [1.54, 1.807) is 0 Å². The van der Waals surface area contributed by atoms with E-state index in [2.05, 4.69) is 41.2 Å². The minimum Gasteiger partial charge on any atom is -0.438 e. The normalized spacial score (nSPS) is 22.2. The first-order chi connectivity index (χ1) is 10.3. The van der Waals surface area contributed by atoms with E-state index in [0.29, 0.717) is 11.8 Å². The van der Waals surface area contributed by atoms with Gasteiger partial charge in [0.2, 0.25) is 5.88 Å². The van der Waals surface area contributed by atoms with Gasteiger partial charge in [0.15, 0.2) is 0 Å². The van der Waals surface area contributed by atoms with Crippen molar-refractivity contribution in [2.45, 2.75) is 18.8 Å². The number of hydrogen-bond acceptors (Lipinski definition) is 3. The van der Waals surface area contributed by atoms with E-state index in [0.717, 1.165) is 11.6 Å². The summed E-state index contributed by atoms with van der Waals surface area (Å²) in [5.41, 5.74) is 2.58. The summed E-state index contributed by atoms with van der Waals surface area (Å²) in [6, 6.07) is 12.6. The zero-order valence-electron chi connectivity index (χ0n) is 12.3. The lowest BCUT2D eigenvalue weighted by molar-refractivity contribution is 0.203. The number of fused-ring (bicyclic) bond motifs is 2. The fourth-order valence-electron chi connectivity index (χ4n) is 3.70. The standard InChI is InChI=1S/C18H20N2O/c1-20-11-8-13(9-12-20)17-14-5-2-3-7-16(14)21-18-15(17)6-4-10-19-18/h2-7,10,13,17H,8-9,11-12H2,1H3/t17-/m1/s1. The van der Waals surface area contributed by atoms with E-state index in [1.165, 1.54) is 37.1 Å². The Bertz CT molecular complexity index is 602. The van der Waals surface area contributed by atoms with Crippen LogP contribution in [0.4, 0.5) is 0 Å². The number of piperidine rings is 1. The Morgan fingerprint density at radius 3 is 2.67 bits per heavy atom. The van der Waals surface area contributed by atoms with Gasteiger partial charge in [-0.15, -0.1) is 0 Å². The SMILES string of the molecule is CN1CCC([C@@H]2c3ccccc3Oc3ncccc32)CC1. The first kappa shape index (κ1) is 12.8. The number of nitrogens with zero attached hydrogens (tertiary/aromatic N) is 2. The lowest BCUT2D eigenvalue weighted by Crippen LogP contribution is -2.33. The number of aromatic nitrogens is 1. The summed E-state index contributed by atoms with van der Waals surface area (Å²) >= 11 is 0. The molecule has 21 heavy (non-hydrogen) atoms. The number of rotatable bonds is 1. The Hall–Kier alpha value is -1.87. The molecule has 0 bridgehead atoms. The van der Waals surface area contributed by atoms with Crippen molar-refractivity contribution in [2.24, 2.45) is 5.92 Å². The highest BCUT2D eigenvalue weighted by molar-refractivity contribution is 5.51. The van der Waals surface area contributed by atoms with Crippen LogP contribution in [0.2, 0.25) is 0 Å². The number of ether oxygens (including phenoxy) is 1. The van der Waals surface area contributed by atoms with E-state index >= 15 is 0 Å². The van der Waals surface area contributed by atoms with Gasteiger partial charge in [0.1, 0.15) is 5.75 Å². The van der Waals surface area contributed by atoms with Crippen molar-refractivity contribution in [3.63, 3.8) is 0 Å². The van der Waals surface area contributed by atoms with E-state index in [9.17, 15) is 0 Å². The van der Waals surface area contributed by atoms with Gasteiger partial charge < -0.3 is 9.64 Å². The predicted molar refractivity (Wildman–Crippen MR) is 82.8 cm³/mol. The Kier molecular flexibility index (Phi) is 3.15. The Morgan fingerprint density at radius 2 is 1.81 bits per heavy atom. The molecule has 1 aromatic heterocycles. The van der Waals surface area contributed by atoms with Crippen LogP contribution in [0.25, 0.3) is 0 Å². The molecule has 108 valence electrons. The van der Waals surface area contributed by atoms with Crippen molar-refractivity contribution in [2.75, 3.05) is 20.1 Å². The van der Waals surface area contributed by atoms with Crippen LogP contribution >= 0.6 is 0 Å². The third-order valence-electron chi connectivity index (χ3n) is 4.83. The van der Waals surface area contributed by atoms with Crippen LogP contribution in [0.3, 0.4) is 0 Å². The summed E-state index contributed by atoms with van der Waals surface area (Å²) < 4.78 is 6.00. The average molecular weight is 280 g/mol. The van der Waals surface area contributed by atoms with Crippen LogP contribution in [-0.4, -0.2) is 30.0 Å². The molecule has 3 heteroatoms. The van der Waals surface area contributed by atoms with Crippen molar-refractivity contribution in [1.29, 1.82) is 0 Å². The van der Waals surface area contributed by atoms with Crippen LogP contribution in [0, 0.1) is 5.92 Å². The number of benzene rings is 1. The molecule has 0 aliphatic carbocycles. The van der Waals surface area contributed by atoms with Crippen molar-refractivity contribution in [3.05, 3.63) is 53.7 Å². The number of para-hydroxylation sites is 1. The van der Waals surface area contributed by atoms with Crippen LogP contribution in [0.1, 0.15) is 29.9 Å². The summed E-state index contributed by atoms with van der Waals surface area (Å²) in [6.45, 7) is 2.36. The molecule has 0 amide bonds. The summed E-state index contributed by atoms with van der Waals surface area (Å²) in [7, 11) is 2.21. The zero-order valence-corrected chi connectivity index (χ0v) is 12.3. The lowest BCUT2D eigenvalue weighted by Gasteiger charge is -2.37. The van der Waals surface area contributed by atoms with Gasteiger partial charge in [-0.2, -0.15) is 0 Å². The molecule has 4 rings (SSSR count). The van der Waals surface area contributed by atoms with Crippen molar-refractivity contribution < 1.29 is 4.74 Å². The second-order valence-electron chi connectivity index (χ2n) is 6.16.